The molecule has 0 aliphatic carbocycles. The van der Waals surface area contributed by atoms with Gasteiger partial charge in [0.05, 0.1) is 16.9 Å². The van der Waals surface area contributed by atoms with Crippen molar-refractivity contribution in [3.63, 3.8) is 0 Å². The van der Waals surface area contributed by atoms with Gasteiger partial charge in [-0.2, -0.15) is 0 Å². The lowest BCUT2D eigenvalue weighted by Gasteiger charge is -1.96. The first-order chi connectivity index (χ1) is 4.20. The molecule has 0 amide bonds. The lowest BCUT2D eigenvalue weighted by atomic mass is 10.3. The van der Waals surface area contributed by atoms with E-state index in [9.17, 15) is 0 Å². The first-order valence-electron chi connectivity index (χ1n) is 2.61. The van der Waals surface area contributed by atoms with Crippen LogP contribution in [0.4, 0.5) is 5.69 Å². The van der Waals surface area contributed by atoms with Crippen molar-refractivity contribution < 1.29 is 0 Å². The third-order valence-corrected chi connectivity index (χ3v) is 1.54. The highest BCUT2D eigenvalue weighted by molar-refractivity contribution is 7.80. The first kappa shape index (κ1) is 6.42. The molecule has 0 fully saturated rings. The number of thiol groups is 1. The van der Waals surface area contributed by atoms with Gasteiger partial charge in [-0.3, -0.25) is 0 Å². The van der Waals surface area contributed by atoms with Crippen LogP contribution in [0, 0.1) is 6.92 Å². The van der Waals surface area contributed by atoms with E-state index in [-0.39, 0.29) is 0 Å². The molecule has 3 heteroatoms. The minimum absolute atomic E-state index is 0.685. The fourth-order valence-electron chi connectivity index (χ4n) is 0.589. The second kappa shape index (κ2) is 2.27. The van der Waals surface area contributed by atoms with Crippen molar-refractivity contribution in [2.24, 2.45) is 0 Å². The maximum absolute atomic E-state index is 5.43. The zero-order valence-corrected chi connectivity index (χ0v) is 6.02. The number of rotatable bonds is 0. The molecule has 0 spiro atoms. The van der Waals surface area contributed by atoms with Crippen LogP contribution in [0.15, 0.2) is 17.3 Å². The summed E-state index contributed by atoms with van der Waals surface area (Å²) in [6.45, 7) is 1.92. The number of nitrogens with two attached hydrogens (primary N) is 1. The summed E-state index contributed by atoms with van der Waals surface area (Å²) in [7, 11) is 0. The van der Waals surface area contributed by atoms with Crippen molar-refractivity contribution in [3.8, 4) is 0 Å². The number of aryl methyl sites for hydroxylation is 1. The Labute approximate surface area is 59.5 Å². The number of aromatic nitrogens is 1. The Morgan fingerprint density at radius 1 is 1.67 bits per heavy atom. The molecule has 0 radical (unpaired) electrons. The average Bonchev–Trinajstić information content (AvgIpc) is 1.80. The van der Waals surface area contributed by atoms with Crippen LogP contribution in [0.2, 0.25) is 0 Å². The highest BCUT2D eigenvalue weighted by Gasteiger charge is 1.92. The summed E-state index contributed by atoms with van der Waals surface area (Å²) < 4.78 is 0. The van der Waals surface area contributed by atoms with Crippen LogP contribution >= 0.6 is 12.6 Å². The maximum Gasteiger partial charge on any atom is 0.0960 e. The lowest BCUT2D eigenvalue weighted by Crippen LogP contribution is -1.88. The van der Waals surface area contributed by atoms with Gasteiger partial charge in [0.15, 0.2) is 0 Å². The quantitative estimate of drug-likeness (QED) is 0.532. The van der Waals surface area contributed by atoms with E-state index >= 15 is 0 Å². The zero-order valence-electron chi connectivity index (χ0n) is 5.13. The number of pyridine rings is 1. The largest absolute Gasteiger partial charge is 0.397 e. The van der Waals surface area contributed by atoms with E-state index in [0.717, 1.165) is 10.6 Å². The van der Waals surface area contributed by atoms with Crippen LogP contribution in [-0.2, 0) is 0 Å². The van der Waals surface area contributed by atoms with E-state index in [0.29, 0.717) is 5.69 Å². The Kier molecular flexibility index (Phi) is 1.62. The van der Waals surface area contributed by atoms with Crippen LogP contribution in [0.1, 0.15) is 5.56 Å². The fraction of sp³-hybridized carbons (Fsp3) is 0.167. The molecule has 0 aliphatic heterocycles. The van der Waals surface area contributed by atoms with Crippen LogP contribution in [0.25, 0.3) is 0 Å². The van der Waals surface area contributed by atoms with Crippen LogP contribution < -0.4 is 5.73 Å². The molecule has 48 valence electrons. The molecule has 1 aromatic heterocycles. The van der Waals surface area contributed by atoms with Crippen molar-refractivity contribution in [2.45, 2.75) is 11.9 Å². The van der Waals surface area contributed by atoms with Gasteiger partial charge in [0.2, 0.25) is 0 Å². The number of nitrogen functional groups attached to an aromatic ring is 1. The molecule has 0 bridgehead atoms. The van der Waals surface area contributed by atoms with Gasteiger partial charge in [-0.25, -0.2) is 4.98 Å². The molecule has 0 aromatic carbocycles. The van der Waals surface area contributed by atoms with E-state index in [1.165, 1.54) is 0 Å². The Bertz CT molecular complexity index is 222. The summed E-state index contributed by atoms with van der Waals surface area (Å²) in [5.74, 6) is 0. The molecule has 2 nitrogen and oxygen atoms in total. The van der Waals surface area contributed by atoms with Gasteiger partial charge in [-0.1, -0.05) is 0 Å². The molecule has 0 aliphatic rings. The number of anilines is 1. The SMILES string of the molecule is Cc1cc(N)cnc1S. The molecule has 9 heavy (non-hydrogen) atoms. The van der Waals surface area contributed by atoms with Crippen molar-refractivity contribution in [1.82, 2.24) is 4.98 Å². The molecule has 1 rings (SSSR count). The summed E-state index contributed by atoms with van der Waals surface area (Å²) >= 11 is 4.08. The summed E-state index contributed by atoms with van der Waals surface area (Å²) in [6.07, 6.45) is 1.59. The summed E-state index contributed by atoms with van der Waals surface area (Å²) in [5.41, 5.74) is 7.13. The molecule has 0 atom stereocenters. The van der Waals surface area contributed by atoms with Gasteiger partial charge in [-0.15, -0.1) is 12.6 Å². The van der Waals surface area contributed by atoms with Crippen molar-refractivity contribution in [1.29, 1.82) is 0 Å². The topological polar surface area (TPSA) is 38.9 Å². The van der Waals surface area contributed by atoms with Gasteiger partial charge in [-0.05, 0) is 18.6 Å². The van der Waals surface area contributed by atoms with Crippen LogP contribution in [0.5, 0.6) is 0 Å². The highest BCUT2D eigenvalue weighted by Crippen LogP contribution is 2.11. The fourth-order valence-corrected chi connectivity index (χ4v) is 0.712. The van der Waals surface area contributed by atoms with E-state index in [1.54, 1.807) is 6.20 Å². The molecule has 0 unspecified atom stereocenters. The minimum Gasteiger partial charge on any atom is -0.397 e. The van der Waals surface area contributed by atoms with Crippen LogP contribution in [-0.4, -0.2) is 4.98 Å². The molecule has 1 aromatic rings. The van der Waals surface area contributed by atoms with Crippen molar-refractivity contribution in [2.75, 3.05) is 5.73 Å². The lowest BCUT2D eigenvalue weighted by molar-refractivity contribution is 1.09. The van der Waals surface area contributed by atoms with Gasteiger partial charge in [0.25, 0.3) is 0 Å². The molecular formula is C6H8N2S. The third-order valence-electron chi connectivity index (χ3n) is 1.07. The summed E-state index contributed by atoms with van der Waals surface area (Å²) in [6, 6.07) is 1.84. The molecule has 0 saturated carbocycles. The van der Waals surface area contributed by atoms with E-state index in [1.807, 2.05) is 13.0 Å². The van der Waals surface area contributed by atoms with E-state index < -0.39 is 0 Å². The van der Waals surface area contributed by atoms with Crippen LogP contribution in [0.3, 0.4) is 0 Å². The van der Waals surface area contributed by atoms with Crippen molar-refractivity contribution in [3.05, 3.63) is 17.8 Å². The smallest absolute Gasteiger partial charge is 0.0960 e. The molecular weight excluding hydrogens is 132 g/mol. The predicted molar refractivity (Wildman–Crippen MR) is 40.6 cm³/mol. The van der Waals surface area contributed by atoms with E-state index in [2.05, 4.69) is 17.6 Å². The monoisotopic (exact) mass is 140 g/mol. The number of hydrogen-bond acceptors (Lipinski definition) is 3. The van der Waals surface area contributed by atoms with Gasteiger partial charge in [0, 0.05) is 0 Å². The Morgan fingerprint density at radius 2 is 2.33 bits per heavy atom. The molecule has 0 saturated heterocycles. The summed E-state index contributed by atoms with van der Waals surface area (Å²) in [4.78, 5) is 3.92. The predicted octanol–water partition coefficient (Wildman–Crippen LogP) is 1.26. The molecule has 2 N–H and O–H groups in total. The highest BCUT2D eigenvalue weighted by atomic mass is 32.1. The number of nitrogens with zero attached hydrogens (tertiary/aromatic N) is 1. The van der Waals surface area contributed by atoms with Gasteiger partial charge < -0.3 is 5.73 Å². The second-order valence-corrected chi connectivity index (χ2v) is 2.33. The Balaban J connectivity index is 3.17. The normalized spacial score (nSPS) is 9.56. The number of hydrogen-bond donors (Lipinski definition) is 2. The second-order valence-electron chi connectivity index (χ2n) is 1.91. The van der Waals surface area contributed by atoms with Gasteiger partial charge in [0.1, 0.15) is 0 Å². The standard InChI is InChI=1S/C6H8N2S/c1-4-2-5(7)3-8-6(4)9/h2-3H,7H2,1H3,(H,8,9). The third kappa shape index (κ3) is 1.36. The Morgan fingerprint density at radius 3 is 2.78 bits per heavy atom. The zero-order chi connectivity index (χ0) is 6.85. The van der Waals surface area contributed by atoms with Crippen molar-refractivity contribution >= 4 is 18.3 Å². The minimum atomic E-state index is 0.685. The Hall–Kier alpha value is -0.700. The van der Waals surface area contributed by atoms with Gasteiger partial charge >= 0.3 is 0 Å². The average molecular weight is 140 g/mol. The first-order valence-corrected chi connectivity index (χ1v) is 3.06. The van der Waals surface area contributed by atoms with E-state index in [4.69, 9.17) is 5.73 Å². The summed E-state index contributed by atoms with van der Waals surface area (Å²) in [5, 5.41) is 0.740. The molecule has 1 heterocycles. The maximum atomic E-state index is 5.43.